The van der Waals surface area contributed by atoms with Crippen LogP contribution in [0.25, 0.3) is 0 Å². The Morgan fingerprint density at radius 1 is 1.06 bits per heavy atom. The molecule has 0 saturated carbocycles. The molecule has 5 heteroatoms. The lowest BCUT2D eigenvalue weighted by molar-refractivity contribution is 0.581. The van der Waals surface area contributed by atoms with Gasteiger partial charge in [0.15, 0.2) is 0 Å². The van der Waals surface area contributed by atoms with Gasteiger partial charge in [0.1, 0.15) is 0 Å². The number of hydrogen-bond donors (Lipinski definition) is 1. The maximum atomic E-state index is 11.8. The Balaban J connectivity index is 1.84. The molecule has 0 spiro atoms. The normalized spacial score (nSPS) is 11.6. The third kappa shape index (κ3) is 4.25. The first-order valence-electron chi connectivity index (χ1n) is 5.69. The molecule has 0 radical (unpaired) electrons. The molecule has 18 heavy (non-hydrogen) atoms. The van der Waals surface area contributed by atoms with Crippen LogP contribution in [0, 0.1) is 0 Å². The van der Waals surface area contributed by atoms with Gasteiger partial charge in [0, 0.05) is 11.4 Å². The van der Waals surface area contributed by atoms with Crippen molar-refractivity contribution in [2.45, 2.75) is 12.2 Å². The van der Waals surface area contributed by atoms with Gasteiger partial charge in [0.2, 0.25) is 10.0 Å². The zero-order valence-corrected chi connectivity index (χ0v) is 11.5. The lowest BCUT2D eigenvalue weighted by atomic mass is 10.2. The number of sulfonamides is 1. The molecule has 1 aromatic heterocycles. The van der Waals surface area contributed by atoms with Gasteiger partial charge in [-0.15, -0.1) is 11.3 Å². The number of nitrogens with one attached hydrogen (secondary N) is 1. The Hall–Kier alpha value is -1.17. The fourth-order valence-electron chi connectivity index (χ4n) is 1.63. The largest absolute Gasteiger partial charge is 0.215 e. The van der Waals surface area contributed by atoms with Gasteiger partial charge in [-0.05, 0) is 23.4 Å². The third-order valence-corrected chi connectivity index (χ3v) is 4.77. The second kappa shape index (κ2) is 6.13. The highest BCUT2D eigenvalue weighted by Crippen LogP contribution is 2.09. The summed E-state index contributed by atoms with van der Waals surface area (Å²) in [5, 5.41) is 1.99. The van der Waals surface area contributed by atoms with Gasteiger partial charge in [-0.25, -0.2) is 13.1 Å². The van der Waals surface area contributed by atoms with Gasteiger partial charge in [-0.3, -0.25) is 0 Å². The lowest BCUT2D eigenvalue weighted by Crippen LogP contribution is -2.27. The van der Waals surface area contributed by atoms with Crippen molar-refractivity contribution in [1.29, 1.82) is 0 Å². The second-order valence-corrected chi connectivity index (χ2v) is 6.81. The van der Waals surface area contributed by atoms with Crippen molar-refractivity contribution >= 4 is 21.4 Å². The van der Waals surface area contributed by atoms with E-state index in [1.165, 1.54) is 4.88 Å². The minimum atomic E-state index is -3.23. The zero-order chi connectivity index (χ0) is 12.8. The van der Waals surface area contributed by atoms with Crippen molar-refractivity contribution in [3.05, 3.63) is 58.3 Å². The summed E-state index contributed by atoms with van der Waals surface area (Å²) in [7, 11) is -3.23. The highest BCUT2D eigenvalue weighted by molar-refractivity contribution is 7.88. The van der Waals surface area contributed by atoms with Crippen LogP contribution in [0.15, 0.2) is 47.8 Å². The monoisotopic (exact) mass is 281 g/mol. The SMILES string of the molecule is O=S(=O)(Cc1ccccc1)NCCc1cccs1. The number of hydrogen-bond acceptors (Lipinski definition) is 3. The quantitative estimate of drug-likeness (QED) is 0.884. The van der Waals surface area contributed by atoms with E-state index in [1.807, 2.05) is 47.8 Å². The molecule has 2 rings (SSSR count). The van der Waals surface area contributed by atoms with Gasteiger partial charge in [0.25, 0.3) is 0 Å². The maximum Gasteiger partial charge on any atom is 0.215 e. The van der Waals surface area contributed by atoms with Crippen LogP contribution in [0.1, 0.15) is 10.4 Å². The third-order valence-electron chi connectivity index (χ3n) is 2.47. The molecule has 1 heterocycles. The van der Waals surface area contributed by atoms with Crippen LogP contribution in [-0.4, -0.2) is 15.0 Å². The summed E-state index contributed by atoms with van der Waals surface area (Å²) >= 11 is 1.64. The average molecular weight is 281 g/mol. The van der Waals surface area contributed by atoms with E-state index >= 15 is 0 Å². The molecule has 96 valence electrons. The van der Waals surface area contributed by atoms with Gasteiger partial charge in [-0.1, -0.05) is 36.4 Å². The van der Waals surface area contributed by atoms with Gasteiger partial charge < -0.3 is 0 Å². The maximum absolute atomic E-state index is 11.8. The Bertz CT molecular complexity index is 562. The van der Waals surface area contributed by atoms with Crippen molar-refractivity contribution in [3.8, 4) is 0 Å². The molecule has 0 aliphatic carbocycles. The lowest BCUT2D eigenvalue weighted by Gasteiger charge is -2.06. The first-order valence-corrected chi connectivity index (χ1v) is 8.22. The first kappa shape index (κ1) is 13.3. The van der Waals surface area contributed by atoms with Crippen LogP contribution < -0.4 is 4.72 Å². The molecule has 0 saturated heterocycles. The number of rotatable bonds is 6. The van der Waals surface area contributed by atoms with Gasteiger partial charge >= 0.3 is 0 Å². The first-order chi connectivity index (χ1) is 8.66. The van der Waals surface area contributed by atoms with Crippen LogP contribution in [0.3, 0.4) is 0 Å². The van der Waals surface area contributed by atoms with Gasteiger partial charge in [0.05, 0.1) is 5.75 Å². The molecule has 0 aliphatic rings. The molecule has 0 bridgehead atoms. The summed E-state index contributed by atoms with van der Waals surface area (Å²) in [4.78, 5) is 1.19. The Morgan fingerprint density at radius 2 is 1.83 bits per heavy atom. The Morgan fingerprint density at radius 3 is 2.50 bits per heavy atom. The molecule has 2 aromatic rings. The Kier molecular flexibility index (Phi) is 4.52. The molecule has 1 N–H and O–H groups in total. The second-order valence-electron chi connectivity index (χ2n) is 3.97. The molecule has 3 nitrogen and oxygen atoms in total. The van der Waals surface area contributed by atoms with Crippen molar-refractivity contribution in [1.82, 2.24) is 4.72 Å². The van der Waals surface area contributed by atoms with E-state index < -0.39 is 10.0 Å². The summed E-state index contributed by atoms with van der Waals surface area (Å²) in [5.41, 5.74) is 0.807. The molecule has 0 amide bonds. The van der Waals surface area contributed by atoms with E-state index in [4.69, 9.17) is 0 Å². The highest BCUT2D eigenvalue weighted by Gasteiger charge is 2.10. The van der Waals surface area contributed by atoms with Crippen LogP contribution in [0.4, 0.5) is 0 Å². The summed E-state index contributed by atoms with van der Waals surface area (Å²) in [5.74, 6) is 0.0400. The van der Waals surface area contributed by atoms with E-state index in [9.17, 15) is 8.42 Å². The standard InChI is InChI=1S/C13H15NO2S2/c15-18(16,11-12-5-2-1-3-6-12)14-9-8-13-7-4-10-17-13/h1-7,10,14H,8-9,11H2. The molecule has 0 fully saturated rings. The van der Waals surface area contributed by atoms with Crippen LogP contribution in [-0.2, 0) is 22.2 Å². The van der Waals surface area contributed by atoms with Crippen LogP contribution in [0.2, 0.25) is 0 Å². The van der Waals surface area contributed by atoms with Crippen molar-refractivity contribution in [2.75, 3.05) is 6.54 Å². The van der Waals surface area contributed by atoms with E-state index in [-0.39, 0.29) is 5.75 Å². The zero-order valence-electron chi connectivity index (χ0n) is 9.87. The van der Waals surface area contributed by atoms with Crippen molar-refractivity contribution in [3.63, 3.8) is 0 Å². The van der Waals surface area contributed by atoms with Crippen molar-refractivity contribution < 1.29 is 8.42 Å². The summed E-state index contributed by atoms with van der Waals surface area (Å²) < 4.78 is 26.3. The summed E-state index contributed by atoms with van der Waals surface area (Å²) in [6, 6.07) is 13.2. The molecular formula is C13H15NO2S2. The highest BCUT2D eigenvalue weighted by atomic mass is 32.2. The molecule has 1 aromatic carbocycles. The molecular weight excluding hydrogens is 266 g/mol. The van der Waals surface area contributed by atoms with Crippen molar-refractivity contribution in [2.24, 2.45) is 0 Å². The minimum absolute atomic E-state index is 0.0400. The smallest absolute Gasteiger partial charge is 0.215 e. The average Bonchev–Trinajstić information content (AvgIpc) is 2.82. The predicted molar refractivity (Wildman–Crippen MR) is 75.1 cm³/mol. The van der Waals surface area contributed by atoms with E-state index in [0.29, 0.717) is 6.54 Å². The van der Waals surface area contributed by atoms with Gasteiger partial charge in [-0.2, -0.15) is 0 Å². The fraction of sp³-hybridized carbons (Fsp3) is 0.231. The Labute approximate surface area is 112 Å². The summed E-state index contributed by atoms with van der Waals surface area (Å²) in [6.07, 6.45) is 0.742. The minimum Gasteiger partial charge on any atom is -0.215 e. The number of benzene rings is 1. The topological polar surface area (TPSA) is 46.2 Å². The summed E-state index contributed by atoms with van der Waals surface area (Å²) in [6.45, 7) is 0.454. The van der Waals surface area contributed by atoms with E-state index in [2.05, 4.69) is 4.72 Å². The van der Waals surface area contributed by atoms with E-state index in [0.717, 1.165) is 12.0 Å². The fourth-order valence-corrected chi connectivity index (χ4v) is 3.48. The predicted octanol–water partition coefficient (Wildman–Crippen LogP) is 2.41. The molecule has 0 unspecified atom stereocenters. The molecule has 0 aliphatic heterocycles. The molecule has 0 atom stereocenters. The van der Waals surface area contributed by atoms with Crippen LogP contribution in [0.5, 0.6) is 0 Å². The number of thiophene rings is 1. The van der Waals surface area contributed by atoms with E-state index in [1.54, 1.807) is 11.3 Å². The van der Waals surface area contributed by atoms with Crippen LogP contribution >= 0.6 is 11.3 Å².